The number of alkyl halides is 2. The Kier molecular flexibility index (Phi) is 24.4. The summed E-state index contributed by atoms with van der Waals surface area (Å²) in [5, 5.41) is 33.6. The molecule has 130 heavy (non-hydrogen) atoms. The zero-order valence-electron chi connectivity index (χ0n) is 66.5. The summed E-state index contributed by atoms with van der Waals surface area (Å²) in [6, 6.07) is 45.7. The van der Waals surface area contributed by atoms with Crippen molar-refractivity contribution in [1.29, 1.82) is 0 Å². The van der Waals surface area contributed by atoms with Crippen LogP contribution in [0, 0.1) is 0 Å². The van der Waals surface area contributed by atoms with Crippen molar-refractivity contribution >= 4 is 231 Å². The van der Waals surface area contributed by atoms with Gasteiger partial charge in [0.2, 0.25) is 0 Å². The highest BCUT2D eigenvalue weighted by Crippen LogP contribution is 2.39. The molecule has 0 saturated heterocycles. The van der Waals surface area contributed by atoms with Gasteiger partial charge in [-0.15, -0.1) is 0 Å². The number of benzene rings is 7. The maximum Gasteiger partial charge on any atom is 0.258 e. The van der Waals surface area contributed by atoms with Crippen LogP contribution in [0.5, 0.6) is 0 Å². The SMILES string of the molecule is O=C1C=C(n2ncc3cc(-c4ccccc4Cl)ccc32)S(=O)N1.O=C1C=C(n2ncc3cc(-c4cccnc4)ccc32)S(=O)N1.O=C1C=C(n2ncc3cc(-c4cncnc4)ccc32)S(=O)N1.O=C1C=C(n2ncc3cc(C4=CCC(F)(F)CC4)ccc32)S(=O)N1.O=C1C=C(n2ncc3cc(C4=CCOCC4)ccc32)S(=O)N1.O=C1C=C(n2ncc3cccc(Cl)c32)S(=O)N1. The summed E-state index contributed by atoms with van der Waals surface area (Å²) in [4.78, 5) is 79.8. The van der Waals surface area contributed by atoms with Gasteiger partial charge in [0.1, 0.15) is 6.33 Å². The molecule has 44 heteroatoms. The van der Waals surface area contributed by atoms with Gasteiger partial charge < -0.3 is 4.74 Å². The first-order valence-electron chi connectivity index (χ1n) is 38.8. The maximum absolute atomic E-state index is 13.3. The van der Waals surface area contributed by atoms with Crippen LogP contribution in [0.25, 0.3) is 140 Å². The van der Waals surface area contributed by atoms with E-state index in [0.29, 0.717) is 54.2 Å². The number of fused-ring (bicyclic) bond motifs is 6. The second kappa shape index (κ2) is 36.8. The summed E-state index contributed by atoms with van der Waals surface area (Å²) in [5.41, 5.74) is 14.5. The van der Waals surface area contributed by atoms with E-state index in [1.165, 1.54) is 71.8 Å². The first-order valence-corrected chi connectivity index (χ1v) is 46.5. The van der Waals surface area contributed by atoms with E-state index in [-0.39, 0.29) is 46.5 Å². The molecule has 0 spiro atoms. The lowest BCUT2D eigenvalue weighted by Gasteiger charge is -2.21. The molecule has 0 saturated carbocycles. The Labute approximate surface area is 757 Å². The molecule has 15 heterocycles. The minimum absolute atomic E-state index is 0.143. The molecule has 1 aliphatic carbocycles. The molecule has 15 aromatic rings. The van der Waals surface area contributed by atoms with E-state index in [2.05, 4.69) is 86.0 Å². The fourth-order valence-electron chi connectivity index (χ4n) is 14.6. The van der Waals surface area contributed by atoms with Gasteiger partial charge in [0.15, 0.2) is 96.1 Å². The van der Waals surface area contributed by atoms with Crippen molar-refractivity contribution in [2.75, 3.05) is 13.2 Å². The number of ether oxygens (including phenoxy) is 1. The highest BCUT2D eigenvalue weighted by molar-refractivity contribution is 7.95. The summed E-state index contributed by atoms with van der Waals surface area (Å²) in [7, 11) is -9.48. The predicted molar refractivity (Wildman–Crippen MR) is 492 cm³/mol. The van der Waals surface area contributed by atoms with Crippen LogP contribution in [0.15, 0.2) is 262 Å². The molecule has 8 aliphatic rings. The van der Waals surface area contributed by atoms with E-state index < -0.39 is 83.7 Å². The van der Waals surface area contributed by atoms with E-state index in [1.54, 1.807) is 90.9 Å². The summed E-state index contributed by atoms with van der Waals surface area (Å²) in [6.45, 7) is 1.38. The first-order chi connectivity index (χ1) is 62.9. The Balaban J connectivity index is 0.000000105. The number of hydrogen-bond donors (Lipinski definition) is 6. The highest BCUT2D eigenvalue weighted by atomic mass is 35.5. The number of rotatable bonds is 11. The maximum atomic E-state index is 13.3. The van der Waals surface area contributed by atoms with Gasteiger partial charge in [-0.1, -0.05) is 102 Å². The topological polar surface area (TPSA) is 432 Å². The van der Waals surface area contributed by atoms with Crippen molar-refractivity contribution in [2.45, 2.75) is 31.6 Å². The molecular formula is C86H61Cl2F2N21O13S6. The molecule has 8 aromatic heterocycles. The number of hydrogen-bond acceptors (Lipinski definition) is 22. The van der Waals surface area contributed by atoms with Crippen molar-refractivity contribution in [3.63, 3.8) is 0 Å². The normalized spacial score (nSPS) is 19.5. The van der Waals surface area contributed by atoms with Gasteiger partial charge in [-0.2, -0.15) is 30.6 Å². The fraction of sp³-hybridized carbons (Fsp3) is 0.0814. The summed E-state index contributed by atoms with van der Waals surface area (Å²) >= 11 is 12.3. The Bertz CT molecular complexity index is 7570. The number of carbonyl (C=O) groups excluding carboxylic acids is 6. The quantitative estimate of drug-likeness (QED) is 0.0700. The van der Waals surface area contributed by atoms with Gasteiger partial charge >= 0.3 is 0 Å². The molecule has 6 amide bonds. The number of halogens is 4. The Morgan fingerprint density at radius 3 is 1.09 bits per heavy atom. The third-order valence-electron chi connectivity index (χ3n) is 20.6. The van der Waals surface area contributed by atoms with Crippen LogP contribution in [0.1, 0.15) is 36.8 Å². The van der Waals surface area contributed by atoms with E-state index in [0.717, 1.165) is 117 Å². The summed E-state index contributed by atoms with van der Waals surface area (Å²) < 4.78 is 126. The molecule has 34 nitrogen and oxygen atoms in total. The molecule has 6 unspecified atom stereocenters. The number of pyridine rings is 1. The monoisotopic (exact) mass is 1900 g/mol. The molecule has 0 radical (unpaired) electrons. The van der Waals surface area contributed by atoms with Crippen LogP contribution in [0.3, 0.4) is 0 Å². The average molecular weight is 1900 g/mol. The first kappa shape index (κ1) is 86.4. The van der Waals surface area contributed by atoms with E-state index in [9.17, 15) is 62.8 Å². The molecule has 7 aromatic carbocycles. The molecule has 0 fully saturated rings. The number of allylic oxidation sites excluding steroid dienone is 2. The van der Waals surface area contributed by atoms with Crippen molar-refractivity contribution in [3.05, 3.63) is 284 Å². The second-order valence-corrected chi connectivity index (χ2v) is 36.7. The summed E-state index contributed by atoms with van der Waals surface area (Å²) in [5.74, 6) is -4.92. The number of nitrogens with zero attached hydrogens (tertiary/aromatic N) is 15. The van der Waals surface area contributed by atoms with Gasteiger partial charge in [-0.3, -0.25) is 62.1 Å². The predicted octanol–water partition coefficient (Wildman–Crippen LogP) is 11.3. The van der Waals surface area contributed by atoms with Gasteiger partial charge in [-0.05, 0) is 131 Å². The molecule has 6 N–H and O–H groups in total. The highest BCUT2D eigenvalue weighted by Gasteiger charge is 2.33. The lowest BCUT2D eigenvalue weighted by Crippen LogP contribution is -2.18. The van der Waals surface area contributed by atoms with E-state index in [1.807, 2.05) is 121 Å². The number of carbonyl (C=O) groups is 6. The van der Waals surface area contributed by atoms with Gasteiger partial charge in [-0.25, -0.2) is 72.1 Å². The summed E-state index contributed by atoms with van der Waals surface area (Å²) in [6.07, 6.45) is 30.7. The van der Waals surface area contributed by atoms with E-state index in [4.69, 9.17) is 27.9 Å². The lowest BCUT2D eigenvalue weighted by molar-refractivity contribution is -0.115. The molecule has 7 aliphatic heterocycles. The van der Waals surface area contributed by atoms with Crippen LogP contribution in [0.4, 0.5) is 8.78 Å². The minimum Gasteiger partial charge on any atom is -0.377 e. The molecule has 6 atom stereocenters. The third kappa shape index (κ3) is 18.2. The van der Waals surface area contributed by atoms with Crippen molar-refractivity contribution in [2.24, 2.45) is 0 Å². The fourth-order valence-corrected chi connectivity index (χ4v) is 20.2. The Morgan fingerprint density at radius 1 is 0.346 bits per heavy atom. The molecule has 0 bridgehead atoms. The van der Waals surface area contributed by atoms with Crippen molar-refractivity contribution in [1.82, 2.24) is 102 Å². The Morgan fingerprint density at radius 2 is 0.708 bits per heavy atom. The van der Waals surface area contributed by atoms with Gasteiger partial charge in [0.05, 0.1) is 88.5 Å². The van der Waals surface area contributed by atoms with Crippen molar-refractivity contribution in [3.8, 4) is 33.4 Å². The Hall–Kier alpha value is -14.4. The standard InChI is InChI=1S/C16H10ClN3O2S.C16H13F2N3O2S.C15H10N4O2S.C15H13N3O3S.C14H9N5O2S.C10H6ClN3O2S/c17-13-4-2-1-3-12(13)10-5-6-14-11(7-10)9-18-20(14)16-8-15(21)19-23(16)22;17-16(18)5-3-10(4-6-16)11-1-2-13-12(7-11)9-19-21(13)15-8-14(22)20-24(15)23;20-14-7-15(22(21)18-14)19-13-4-3-10(6-12(13)9-17-19)11-2-1-5-16-8-11;19-14-8-15(22(20)17-14)18-13-2-1-11(7-12(13)9-16-18)10-3-5-21-6-4-10;20-13-4-14(22(21)18-13)19-12-2-1-9(3-10(12)7-17-19)11-5-15-8-16-6-11;11-7-3-1-2-6-5-12-14(10(6)7)9-4-8(15)13-17(9)16/h1-9H,(H,19,21);1-3,7-9H,4-6H2,(H,20,22);1-9H,(H,18,20);1-3,7-9H,4-6H2,(H,17,19);1-8H,(H,18,20);1-5H,(H,13,15). The van der Waals surface area contributed by atoms with Gasteiger partial charge in [0.25, 0.3) is 41.4 Å². The van der Waals surface area contributed by atoms with Crippen LogP contribution in [0.2, 0.25) is 10.0 Å². The molecule has 652 valence electrons. The van der Waals surface area contributed by atoms with E-state index >= 15 is 0 Å². The zero-order valence-corrected chi connectivity index (χ0v) is 73.0. The van der Waals surface area contributed by atoms with Crippen LogP contribution in [-0.4, -0.2) is 153 Å². The largest absolute Gasteiger partial charge is 0.377 e. The second-order valence-electron chi connectivity index (χ2n) is 28.9. The molecular weight excluding hydrogens is 1840 g/mol. The molecule has 23 rings (SSSR count). The average Bonchev–Trinajstić information content (AvgIpc) is 1.65. The number of amides is 6. The lowest BCUT2D eigenvalue weighted by atomic mass is 9.91. The van der Waals surface area contributed by atoms with Crippen LogP contribution >= 0.6 is 23.2 Å². The smallest absolute Gasteiger partial charge is 0.258 e. The third-order valence-corrected chi connectivity index (χ3v) is 27.6. The minimum atomic E-state index is -2.61. The van der Waals surface area contributed by atoms with Crippen molar-refractivity contribution < 1.29 is 67.5 Å². The van der Waals surface area contributed by atoms with Crippen LogP contribution < -0.4 is 28.3 Å². The van der Waals surface area contributed by atoms with Gasteiger partial charge in [0, 0.05) is 128 Å². The number of para-hydroxylation sites is 1. The number of aromatic nitrogens is 15. The van der Waals surface area contributed by atoms with Crippen LogP contribution in [-0.2, 0) is 99.4 Å². The number of nitrogens with one attached hydrogen (secondary N) is 6. The zero-order chi connectivity index (χ0) is 90.2.